The van der Waals surface area contributed by atoms with Gasteiger partial charge < -0.3 is 14.9 Å². The van der Waals surface area contributed by atoms with E-state index in [0.29, 0.717) is 24.6 Å². The minimum atomic E-state index is -0.403. The quantitative estimate of drug-likeness (QED) is 0.788. The van der Waals surface area contributed by atoms with E-state index in [0.717, 1.165) is 38.5 Å². The Kier molecular flexibility index (Phi) is 5.11. The summed E-state index contributed by atoms with van der Waals surface area (Å²) in [6.45, 7) is 2.07. The SMILES string of the molecule is CCCc1noc(CCC(=O)NC2(CO)CCCC2)n1. The molecule has 6 heteroatoms. The number of aryl methyl sites for hydroxylation is 2. The van der Waals surface area contributed by atoms with Crippen molar-refractivity contribution in [1.82, 2.24) is 15.5 Å². The summed E-state index contributed by atoms with van der Waals surface area (Å²) in [6.07, 6.45) is 6.37. The molecule has 1 heterocycles. The lowest BCUT2D eigenvalue weighted by atomic mass is 9.98. The summed E-state index contributed by atoms with van der Waals surface area (Å²) in [6, 6.07) is 0. The van der Waals surface area contributed by atoms with Gasteiger partial charge in [0.25, 0.3) is 0 Å². The first-order chi connectivity index (χ1) is 9.67. The molecule has 1 amide bonds. The van der Waals surface area contributed by atoms with Gasteiger partial charge in [-0.15, -0.1) is 0 Å². The van der Waals surface area contributed by atoms with Crippen LogP contribution in [-0.2, 0) is 17.6 Å². The molecule has 0 aromatic carbocycles. The second kappa shape index (κ2) is 6.83. The molecule has 0 saturated heterocycles. The molecule has 2 rings (SSSR count). The monoisotopic (exact) mass is 281 g/mol. The van der Waals surface area contributed by atoms with Crippen LogP contribution in [0, 0.1) is 0 Å². The lowest BCUT2D eigenvalue weighted by Gasteiger charge is -2.27. The van der Waals surface area contributed by atoms with E-state index in [1.807, 2.05) is 0 Å². The molecule has 1 saturated carbocycles. The normalized spacial score (nSPS) is 17.3. The van der Waals surface area contributed by atoms with Crippen molar-refractivity contribution in [2.45, 2.75) is 63.8 Å². The van der Waals surface area contributed by atoms with Crippen molar-refractivity contribution in [1.29, 1.82) is 0 Å². The van der Waals surface area contributed by atoms with Crippen molar-refractivity contribution in [3.63, 3.8) is 0 Å². The Bertz CT molecular complexity index is 439. The number of carbonyl (C=O) groups excluding carboxylic acids is 1. The lowest BCUT2D eigenvalue weighted by Crippen LogP contribution is -2.49. The Morgan fingerprint density at radius 1 is 1.40 bits per heavy atom. The number of aromatic nitrogens is 2. The van der Waals surface area contributed by atoms with Crippen LogP contribution < -0.4 is 5.32 Å². The van der Waals surface area contributed by atoms with E-state index in [2.05, 4.69) is 22.4 Å². The van der Waals surface area contributed by atoms with Gasteiger partial charge in [0.05, 0.1) is 12.1 Å². The van der Waals surface area contributed by atoms with Crippen LogP contribution in [0.3, 0.4) is 0 Å². The number of hydrogen-bond donors (Lipinski definition) is 2. The molecule has 1 aromatic rings. The number of hydrogen-bond acceptors (Lipinski definition) is 5. The molecule has 1 aliphatic rings. The molecule has 0 aliphatic heterocycles. The Hall–Kier alpha value is -1.43. The van der Waals surface area contributed by atoms with Crippen LogP contribution in [0.4, 0.5) is 0 Å². The Balaban J connectivity index is 1.79. The fourth-order valence-electron chi connectivity index (χ4n) is 2.67. The van der Waals surface area contributed by atoms with Gasteiger partial charge in [-0.25, -0.2) is 0 Å². The molecular weight excluding hydrogens is 258 g/mol. The first kappa shape index (κ1) is 15.0. The zero-order valence-electron chi connectivity index (χ0n) is 12.0. The zero-order chi connectivity index (χ0) is 14.4. The highest BCUT2D eigenvalue weighted by molar-refractivity contribution is 5.77. The molecule has 1 aliphatic carbocycles. The van der Waals surface area contributed by atoms with Crippen LogP contribution in [0.5, 0.6) is 0 Å². The maximum Gasteiger partial charge on any atom is 0.227 e. The zero-order valence-corrected chi connectivity index (χ0v) is 12.0. The molecule has 6 nitrogen and oxygen atoms in total. The van der Waals surface area contributed by atoms with Gasteiger partial charge in [-0.1, -0.05) is 24.9 Å². The second-order valence-corrected chi connectivity index (χ2v) is 5.55. The number of rotatable bonds is 7. The number of aliphatic hydroxyl groups excluding tert-OH is 1. The van der Waals surface area contributed by atoms with E-state index in [4.69, 9.17) is 4.52 Å². The predicted octanol–water partition coefficient (Wildman–Crippen LogP) is 1.38. The van der Waals surface area contributed by atoms with Gasteiger partial charge in [-0.2, -0.15) is 4.98 Å². The second-order valence-electron chi connectivity index (χ2n) is 5.55. The van der Waals surface area contributed by atoms with Crippen molar-refractivity contribution in [2.24, 2.45) is 0 Å². The summed E-state index contributed by atoms with van der Waals surface area (Å²) >= 11 is 0. The van der Waals surface area contributed by atoms with Gasteiger partial charge in [-0.05, 0) is 19.3 Å². The molecule has 1 fully saturated rings. The minimum Gasteiger partial charge on any atom is -0.394 e. The van der Waals surface area contributed by atoms with Crippen LogP contribution in [0.2, 0.25) is 0 Å². The standard InChI is InChI=1S/C14H23N3O3/c1-2-5-11-15-13(20-17-11)7-6-12(19)16-14(10-18)8-3-4-9-14/h18H,2-10H2,1H3,(H,16,19). The van der Waals surface area contributed by atoms with Gasteiger partial charge in [0.15, 0.2) is 5.82 Å². The first-order valence-electron chi connectivity index (χ1n) is 7.41. The third kappa shape index (κ3) is 3.79. The van der Waals surface area contributed by atoms with Crippen molar-refractivity contribution < 1.29 is 14.4 Å². The van der Waals surface area contributed by atoms with E-state index < -0.39 is 5.54 Å². The number of amides is 1. The van der Waals surface area contributed by atoms with Gasteiger partial charge >= 0.3 is 0 Å². The van der Waals surface area contributed by atoms with Gasteiger partial charge in [0.1, 0.15) is 0 Å². The molecule has 0 atom stereocenters. The average Bonchev–Trinajstić information content (AvgIpc) is 3.07. The highest BCUT2D eigenvalue weighted by Gasteiger charge is 2.34. The van der Waals surface area contributed by atoms with E-state index in [1.54, 1.807) is 0 Å². The number of aliphatic hydroxyl groups is 1. The van der Waals surface area contributed by atoms with E-state index in [-0.39, 0.29) is 12.5 Å². The molecule has 20 heavy (non-hydrogen) atoms. The number of carbonyl (C=O) groups is 1. The predicted molar refractivity (Wildman–Crippen MR) is 73.0 cm³/mol. The van der Waals surface area contributed by atoms with Gasteiger partial charge in [0, 0.05) is 19.3 Å². The van der Waals surface area contributed by atoms with Crippen LogP contribution in [-0.4, -0.2) is 33.3 Å². The highest BCUT2D eigenvalue weighted by atomic mass is 16.5. The maximum atomic E-state index is 12.0. The lowest BCUT2D eigenvalue weighted by molar-refractivity contribution is -0.123. The van der Waals surface area contributed by atoms with Crippen LogP contribution in [0.1, 0.15) is 57.2 Å². The Labute approximate surface area is 118 Å². The molecule has 0 bridgehead atoms. The third-order valence-electron chi connectivity index (χ3n) is 3.82. The molecular formula is C14H23N3O3. The van der Waals surface area contributed by atoms with Crippen LogP contribution >= 0.6 is 0 Å². The maximum absolute atomic E-state index is 12.0. The largest absolute Gasteiger partial charge is 0.394 e. The summed E-state index contributed by atoms with van der Waals surface area (Å²) in [5.41, 5.74) is -0.403. The summed E-state index contributed by atoms with van der Waals surface area (Å²) in [7, 11) is 0. The van der Waals surface area contributed by atoms with Crippen LogP contribution in [0.15, 0.2) is 4.52 Å². The molecule has 0 spiro atoms. The summed E-state index contributed by atoms with van der Waals surface area (Å²) in [5, 5.41) is 16.3. The van der Waals surface area contributed by atoms with Crippen molar-refractivity contribution in [3.05, 3.63) is 11.7 Å². The topological polar surface area (TPSA) is 88.2 Å². The highest BCUT2D eigenvalue weighted by Crippen LogP contribution is 2.29. The third-order valence-corrected chi connectivity index (χ3v) is 3.82. The first-order valence-corrected chi connectivity index (χ1v) is 7.41. The summed E-state index contributed by atoms with van der Waals surface area (Å²) < 4.78 is 5.10. The van der Waals surface area contributed by atoms with Crippen molar-refractivity contribution in [3.8, 4) is 0 Å². The summed E-state index contributed by atoms with van der Waals surface area (Å²) in [5.74, 6) is 1.15. The Morgan fingerprint density at radius 2 is 2.15 bits per heavy atom. The number of nitrogens with zero attached hydrogens (tertiary/aromatic N) is 2. The summed E-state index contributed by atoms with van der Waals surface area (Å²) in [4.78, 5) is 16.2. The van der Waals surface area contributed by atoms with E-state index in [9.17, 15) is 9.90 Å². The van der Waals surface area contributed by atoms with Crippen molar-refractivity contribution in [2.75, 3.05) is 6.61 Å². The average molecular weight is 281 g/mol. The van der Waals surface area contributed by atoms with Gasteiger partial charge in [0.2, 0.25) is 11.8 Å². The molecule has 1 aromatic heterocycles. The Morgan fingerprint density at radius 3 is 2.80 bits per heavy atom. The molecule has 0 radical (unpaired) electrons. The smallest absolute Gasteiger partial charge is 0.227 e. The van der Waals surface area contributed by atoms with E-state index in [1.165, 1.54) is 0 Å². The van der Waals surface area contributed by atoms with Gasteiger partial charge in [-0.3, -0.25) is 4.79 Å². The van der Waals surface area contributed by atoms with E-state index >= 15 is 0 Å². The molecule has 112 valence electrons. The minimum absolute atomic E-state index is 0.0138. The fraction of sp³-hybridized carbons (Fsp3) is 0.786. The molecule has 2 N–H and O–H groups in total. The molecule has 0 unspecified atom stereocenters. The fourth-order valence-corrected chi connectivity index (χ4v) is 2.67. The number of nitrogens with one attached hydrogen (secondary N) is 1. The van der Waals surface area contributed by atoms with Crippen molar-refractivity contribution >= 4 is 5.91 Å². The van der Waals surface area contributed by atoms with Crippen LogP contribution in [0.25, 0.3) is 0 Å².